The molecule has 0 aliphatic heterocycles. The smallest absolute Gasteiger partial charge is 0.239 e. The molecule has 1 atom stereocenters. The highest BCUT2D eigenvalue weighted by Crippen LogP contribution is 2.17. The molecule has 98 valence electrons. The minimum atomic E-state index is -0.347. The molecule has 4 N–H and O–H groups in total. The lowest BCUT2D eigenvalue weighted by molar-refractivity contribution is -0.125. The summed E-state index contributed by atoms with van der Waals surface area (Å²) in [5, 5.41) is 5.20. The molecule has 0 aliphatic rings. The first-order valence-electron chi connectivity index (χ1n) is 5.54. The Kier molecular flexibility index (Phi) is 5.80. The number of carbonyl (C=O) groups excluding carboxylic acids is 2. The van der Waals surface area contributed by atoms with Crippen LogP contribution in [0.25, 0.3) is 0 Å². The highest BCUT2D eigenvalue weighted by atomic mass is 79.9. The van der Waals surface area contributed by atoms with Crippen molar-refractivity contribution in [2.75, 3.05) is 13.1 Å². The molecule has 1 rings (SSSR count). The summed E-state index contributed by atoms with van der Waals surface area (Å²) in [7, 11) is 0. The van der Waals surface area contributed by atoms with E-state index >= 15 is 0 Å². The molecule has 2 amide bonds. The summed E-state index contributed by atoms with van der Waals surface area (Å²) in [6.07, 6.45) is 0. The van der Waals surface area contributed by atoms with Crippen LogP contribution in [-0.2, 0) is 9.59 Å². The van der Waals surface area contributed by atoms with Crippen molar-refractivity contribution in [3.05, 3.63) is 34.3 Å². The van der Waals surface area contributed by atoms with Crippen LogP contribution >= 0.6 is 15.9 Å². The summed E-state index contributed by atoms with van der Waals surface area (Å²) in [5.74, 6) is -0.593. The van der Waals surface area contributed by atoms with Gasteiger partial charge in [-0.1, -0.05) is 28.1 Å². The van der Waals surface area contributed by atoms with Gasteiger partial charge in [0.05, 0.1) is 19.1 Å². The molecule has 0 saturated carbocycles. The Labute approximate surface area is 114 Å². The first-order valence-corrected chi connectivity index (χ1v) is 6.34. The standard InChI is InChI=1S/C12H16BrN3O2/c1-8(9-3-2-4-10(13)5-9)16-12(18)7-15-11(17)6-14/h2-5,8H,6-7,14H2,1H3,(H,15,17)(H,16,18)/t8-/m1/s1. The average molecular weight is 314 g/mol. The van der Waals surface area contributed by atoms with E-state index in [4.69, 9.17) is 5.73 Å². The maximum absolute atomic E-state index is 11.6. The number of benzene rings is 1. The summed E-state index contributed by atoms with van der Waals surface area (Å²) >= 11 is 3.37. The van der Waals surface area contributed by atoms with Crippen LogP contribution in [0.2, 0.25) is 0 Å². The number of halogens is 1. The van der Waals surface area contributed by atoms with Crippen LogP contribution in [0.1, 0.15) is 18.5 Å². The number of carbonyl (C=O) groups is 2. The van der Waals surface area contributed by atoms with Crippen LogP contribution in [-0.4, -0.2) is 24.9 Å². The summed E-state index contributed by atoms with van der Waals surface area (Å²) in [6.45, 7) is 1.70. The Morgan fingerprint density at radius 3 is 2.72 bits per heavy atom. The first-order chi connectivity index (χ1) is 8.52. The second kappa shape index (κ2) is 7.13. The Bertz CT molecular complexity index is 437. The van der Waals surface area contributed by atoms with Crippen molar-refractivity contribution < 1.29 is 9.59 Å². The fraction of sp³-hybridized carbons (Fsp3) is 0.333. The molecule has 5 nitrogen and oxygen atoms in total. The highest BCUT2D eigenvalue weighted by molar-refractivity contribution is 9.10. The molecule has 0 fully saturated rings. The maximum Gasteiger partial charge on any atom is 0.239 e. The van der Waals surface area contributed by atoms with Crippen molar-refractivity contribution in [3.8, 4) is 0 Å². The van der Waals surface area contributed by atoms with E-state index < -0.39 is 0 Å². The van der Waals surface area contributed by atoms with Gasteiger partial charge in [0.2, 0.25) is 11.8 Å². The number of rotatable bonds is 5. The van der Waals surface area contributed by atoms with Gasteiger partial charge in [-0.25, -0.2) is 0 Å². The van der Waals surface area contributed by atoms with E-state index in [2.05, 4.69) is 26.6 Å². The first kappa shape index (κ1) is 14.7. The molecule has 0 unspecified atom stereocenters. The van der Waals surface area contributed by atoms with Gasteiger partial charge in [0.15, 0.2) is 0 Å². The van der Waals surface area contributed by atoms with Crippen molar-refractivity contribution in [2.45, 2.75) is 13.0 Å². The third-order valence-electron chi connectivity index (χ3n) is 2.36. The van der Waals surface area contributed by atoms with Crippen molar-refractivity contribution in [3.63, 3.8) is 0 Å². The second-order valence-corrected chi connectivity index (χ2v) is 4.74. The van der Waals surface area contributed by atoms with Gasteiger partial charge in [0.1, 0.15) is 0 Å². The van der Waals surface area contributed by atoms with Crippen molar-refractivity contribution in [1.82, 2.24) is 10.6 Å². The van der Waals surface area contributed by atoms with E-state index in [1.165, 1.54) is 0 Å². The molecule has 0 saturated heterocycles. The number of nitrogens with one attached hydrogen (secondary N) is 2. The third kappa shape index (κ3) is 4.85. The van der Waals surface area contributed by atoms with Crippen molar-refractivity contribution in [2.24, 2.45) is 5.73 Å². The van der Waals surface area contributed by atoms with Gasteiger partial charge in [-0.05, 0) is 24.6 Å². The summed E-state index contributed by atoms with van der Waals surface area (Å²) in [5.41, 5.74) is 6.11. The zero-order chi connectivity index (χ0) is 13.5. The summed E-state index contributed by atoms with van der Waals surface area (Å²) < 4.78 is 0.956. The van der Waals surface area contributed by atoms with Crippen LogP contribution in [0.15, 0.2) is 28.7 Å². The molecule has 0 aliphatic carbocycles. The minimum Gasteiger partial charge on any atom is -0.348 e. The normalized spacial score (nSPS) is 11.7. The molecule has 6 heteroatoms. The van der Waals surface area contributed by atoms with Crippen LogP contribution in [0.5, 0.6) is 0 Å². The van der Waals surface area contributed by atoms with E-state index in [1.807, 2.05) is 31.2 Å². The molecule has 0 heterocycles. The van der Waals surface area contributed by atoms with Crippen LogP contribution in [0, 0.1) is 0 Å². The van der Waals surface area contributed by atoms with Gasteiger partial charge in [0, 0.05) is 4.47 Å². The monoisotopic (exact) mass is 313 g/mol. The molecule has 0 spiro atoms. The Balaban J connectivity index is 2.47. The number of nitrogens with two attached hydrogens (primary N) is 1. The van der Waals surface area contributed by atoms with Gasteiger partial charge in [-0.3, -0.25) is 9.59 Å². The van der Waals surface area contributed by atoms with Crippen molar-refractivity contribution in [1.29, 1.82) is 0 Å². The number of hydrogen-bond donors (Lipinski definition) is 3. The lowest BCUT2D eigenvalue weighted by Gasteiger charge is -2.14. The number of hydrogen-bond acceptors (Lipinski definition) is 3. The Morgan fingerprint density at radius 2 is 2.11 bits per heavy atom. The molecule has 18 heavy (non-hydrogen) atoms. The van der Waals surface area contributed by atoms with Gasteiger partial charge in [0.25, 0.3) is 0 Å². The SMILES string of the molecule is C[C@@H](NC(=O)CNC(=O)CN)c1cccc(Br)c1. The highest BCUT2D eigenvalue weighted by Gasteiger charge is 2.10. The predicted octanol–water partition coefficient (Wildman–Crippen LogP) is 0.701. The van der Waals surface area contributed by atoms with Gasteiger partial charge < -0.3 is 16.4 Å². The van der Waals surface area contributed by atoms with Gasteiger partial charge in [-0.15, -0.1) is 0 Å². The molecular weight excluding hydrogens is 298 g/mol. The topological polar surface area (TPSA) is 84.2 Å². The predicted molar refractivity (Wildman–Crippen MR) is 72.8 cm³/mol. The Hall–Kier alpha value is -1.40. The molecule has 0 aromatic heterocycles. The van der Waals surface area contributed by atoms with Crippen LogP contribution < -0.4 is 16.4 Å². The maximum atomic E-state index is 11.6. The summed E-state index contributed by atoms with van der Waals surface area (Å²) in [4.78, 5) is 22.4. The van der Waals surface area contributed by atoms with E-state index in [-0.39, 0.29) is 30.9 Å². The Morgan fingerprint density at radius 1 is 1.39 bits per heavy atom. The molecule has 0 bridgehead atoms. The quantitative estimate of drug-likeness (QED) is 0.748. The second-order valence-electron chi connectivity index (χ2n) is 3.83. The van der Waals surface area contributed by atoms with Crippen molar-refractivity contribution >= 4 is 27.7 Å². The molecule has 0 radical (unpaired) electrons. The summed E-state index contributed by atoms with van der Waals surface area (Å²) in [6, 6.07) is 7.56. The van der Waals surface area contributed by atoms with Crippen LogP contribution in [0.4, 0.5) is 0 Å². The van der Waals surface area contributed by atoms with E-state index in [0.717, 1.165) is 10.0 Å². The fourth-order valence-corrected chi connectivity index (χ4v) is 1.82. The molecule has 1 aromatic carbocycles. The van der Waals surface area contributed by atoms with Gasteiger partial charge >= 0.3 is 0 Å². The average Bonchev–Trinajstić information content (AvgIpc) is 2.35. The van der Waals surface area contributed by atoms with E-state index in [9.17, 15) is 9.59 Å². The van der Waals surface area contributed by atoms with E-state index in [0.29, 0.717) is 0 Å². The molecule has 1 aromatic rings. The fourth-order valence-electron chi connectivity index (χ4n) is 1.40. The number of amides is 2. The zero-order valence-electron chi connectivity index (χ0n) is 10.1. The third-order valence-corrected chi connectivity index (χ3v) is 2.85. The van der Waals surface area contributed by atoms with E-state index in [1.54, 1.807) is 0 Å². The lowest BCUT2D eigenvalue weighted by atomic mass is 10.1. The minimum absolute atomic E-state index is 0.0611. The largest absolute Gasteiger partial charge is 0.348 e. The van der Waals surface area contributed by atoms with Gasteiger partial charge in [-0.2, -0.15) is 0 Å². The lowest BCUT2D eigenvalue weighted by Crippen LogP contribution is -2.40. The molecular formula is C12H16BrN3O2. The zero-order valence-corrected chi connectivity index (χ0v) is 11.7. The van der Waals surface area contributed by atoms with Crippen LogP contribution in [0.3, 0.4) is 0 Å².